The number of rotatable bonds is 4. The maximum Gasteiger partial charge on any atom is 0.253 e. The summed E-state index contributed by atoms with van der Waals surface area (Å²) < 4.78 is 5.41. The molecule has 0 aliphatic carbocycles. The van der Waals surface area contributed by atoms with Gasteiger partial charge in [0.25, 0.3) is 5.91 Å². The van der Waals surface area contributed by atoms with Crippen molar-refractivity contribution in [2.24, 2.45) is 0 Å². The fraction of sp³-hybridized carbons (Fsp3) is 0.438. The van der Waals surface area contributed by atoms with Crippen molar-refractivity contribution < 1.29 is 9.53 Å². The minimum absolute atomic E-state index is 0.136. The second-order valence-corrected chi connectivity index (χ2v) is 4.83. The van der Waals surface area contributed by atoms with Gasteiger partial charge in [-0.25, -0.2) is 0 Å². The summed E-state index contributed by atoms with van der Waals surface area (Å²) in [5, 5.41) is 0. The van der Waals surface area contributed by atoms with Crippen LogP contribution in [0.4, 0.5) is 0 Å². The van der Waals surface area contributed by atoms with Crippen LogP contribution in [0.15, 0.2) is 36.9 Å². The smallest absolute Gasteiger partial charge is 0.253 e. The van der Waals surface area contributed by atoms with E-state index in [9.17, 15) is 4.79 Å². The largest absolute Gasteiger partial charge is 0.490 e. The van der Waals surface area contributed by atoms with E-state index in [2.05, 4.69) is 6.58 Å². The normalized spacial score (nSPS) is 15.7. The van der Waals surface area contributed by atoms with E-state index in [1.807, 2.05) is 29.2 Å². The summed E-state index contributed by atoms with van der Waals surface area (Å²) in [6.45, 7) is 5.86. The van der Waals surface area contributed by atoms with Crippen LogP contribution in [0.1, 0.15) is 36.0 Å². The highest BCUT2D eigenvalue weighted by Gasteiger charge is 2.16. The molecule has 3 heteroatoms. The first-order chi connectivity index (χ1) is 9.31. The van der Waals surface area contributed by atoms with Crippen LogP contribution in [0.3, 0.4) is 0 Å². The Morgan fingerprint density at radius 2 is 1.79 bits per heavy atom. The molecule has 0 spiro atoms. The number of carbonyl (C=O) groups excluding carboxylic acids is 1. The Balaban J connectivity index is 1.99. The van der Waals surface area contributed by atoms with Crippen LogP contribution >= 0.6 is 0 Å². The molecule has 0 saturated carbocycles. The highest BCUT2D eigenvalue weighted by atomic mass is 16.5. The molecular formula is C16H21NO2. The lowest BCUT2D eigenvalue weighted by Gasteiger charge is -2.20. The molecule has 102 valence electrons. The van der Waals surface area contributed by atoms with E-state index in [0.29, 0.717) is 6.61 Å². The van der Waals surface area contributed by atoms with Gasteiger partial charge in [-0.15, -0.1) is 0 Å². The summed E-state index contributed by atoms with van der Waals surface area (Å²) in [7, 11) is 0. The summed E-state index contributed by atoms with van der Waals surface area (Å²) in [5.41, 5.74) is 0.743. The summed E-state index contributed by atoms with van der Waals surface area (Å²) in [5.74, 6) is 0.907. The Labute approximate surface area is 114 Å². The SMILES string of the molecule is C=CCOc1ccc(C(=O)N2CCCCCC2)cc1. The van der Waals surface area contributed by atoms with E-state index in [0.717, 1.165) is 37.2 Å². The minimum atomic E-state index is 0.136. The molecule has 0 radical (unpaired) electrons. The lowest BCUT2D eigenvalue weighted by Crippen LogP contribution is -2.31. The molecule has 3 nitrogen and oxygen atoms in total. The van der Waals surface area contributed by atoms with E-state index in [1.54, 1.807) is 6.08 Å². The van der Waals surface area contributed by atoms with Crippen molar-refractivity contribution in [2.45, 2.75) is 25.7 Å². The molecule has 1 heterocycles. The Morgan fingerprint density at radius 1 is 1.16 bits per heavy atom. The van der Waals surface area contributed by atoms with E-state index in [1.165, 1.54) is 12.8 Å². The second-order valence-electron chi connectivity index (χ2n) is 4.83. The molecule has 1 saturated heterocycles. The molecule has 19 heavy (non-hydrogen) atoms. The molecule has 1 aromatic carbocycles. The van der Waals surface area contributed by atoms with E-state index >= 15 is 0 Å². The van der Waals surface area contributed by atoms with Gasteiger partial charge in [-0.1, -0.05) is 25.5 Å². The third-order valence-corrected chi connectivity index (χ3v) is 3.36. The number of hydrogen-bond donors (Lipinski definition) is 0. The van der Waals surface area contributed by atoms with Crippen LogP contribution in [0.2, 0.25) is 0 Å². The van der Waals surface area contributed by atoms with E-state index in [-0.39, 0.29) is 5.91 Å². The van der Waals surface area contributed by atoms with E-state index in [4.69, 9.17) is 4.74 Å². The monoisotopic (exact) mass is 259 g/mol. The lowest BCUT2D eigenvalue weighted by atomic mass is 10.2. The third kappa shape index (κ3) is 3.85. The maximum atomic E-state index is 12.3. The van der Waals surface area contributed by atoms with Gasteiger partial charge in [0.05, 0.1) is 0 Å². The van der Waals surface area contributed by atoms with Crippen molar-refractivity contribution in [1.82, 2.24) is 4.90 Å². The highest BCUT2D eigenvalue weighted by molar-refractivity contribution is 5.94. The third-order valence-electron chi connectivity index (χ3n) is 3.36. The van der Waals surface area contributed by atoms with Gasteiger partial charge in [0.2, 0.25) is 0 Å². The molecule has 1 aliphatic heterocycles. The maximum absolute atomic E-state index is 12.3. The Bertz CT molecular complexity index is 417. The Morgan fingerprint density at radius 3 is 2.37 bits per heavy atom. The molecule has 0 N–H and O–H groups in total. The molecule has 1 aromatic rings. The average molecular weight is 259 g/mol. The number of likely N-dealkylation sites (tertiary alicyclic amines) is 1. The Hall–Kier alpha value is -1.77. The van der Waals surface area contributed by atoms with Crippen LogP contribution in [0.25, 0.3) is 0 Å². The van der Waals surface area contributed by atoms with Gasteiger partial charge in [-0.3, -0.25) is 4.79 Å². The van der Waals surface area contributed by atoms with Gasteiger partial charge in [-0.05, 0) is 37.1 Å². The zero-order valence-corrected chi connectivity index (χ0v) is 11.3. The van der Waals surface area contributed by atoms with Crippen molar-refractivity contribution >= 4 is 5.91 Å². The molecule has 1 aliphatic rings. The fourth-order valence-corrected chi connectivity index (χ4v) is 2.31. The van der Waals surface area contributed by atoms with Crippen molar-refractivity contribution in [3.63, 3.8) is 0 Å². The van der Waals surface area contributed by atoms with Gasteiger partial charge in [-0.2, -0.15) is 0 Å². The van der Waals surface area contributed by atoms with Gasteiger partial charge < -0.3 is 9.64 Å². The molecule has 0 atom stereocenters. The minimum Gasteiger partial charge on any atom is -0.490 e. The molecule has 0 unspecified atom stereocenters. The number of amides is 1. The fourth-order valence-electron chi connectivity index (χ4n) is 2.31. The van der Waals surface area contributed by atoms with Crippen molar-refractivity contribution in [3.05, 3.63) is 42.5 Å². The molecule has 2 rings (SSSR count). The van der Waals surface area contributed by atoms with Crippen molar-refractivity contribution in [1.29, 1.82) is 0 Å². The van der Waals surface area contributed by atoms with E-state index < -0.39 is 0 Å². The summed E-state index contributed by atoms with van der Waals surface area (Å²) >= 11 is 0. The van der Waals surface area contributed by atoms with Crippen molar-refractivity contribution in [2.75, 3.05) is 19.7 Å². The number of nitrogens with zero attached hydrogens (tertiary/aromatic N) is 1. The predicted molar refractivity (Wildman–Crippen MR) is 76.5 cm³/mol. The average Bonchev–Trinajstić information content (AvgIpc) is 2.74. The first-order valence-electron chi connectivity index (χ1n) is 6.94. The van der Waals surface area contributed by atoms with Crippen LogP contribution in [-0.4, -0.2) is 30.5 Å². The topological polar surface area (TPSA) is 29.5 Å². The standard InChI is InChI=1S/C16H21NO2/c1-2-13-19-15-9-7-14(8-10-15)16(18)17-11-5-3-4-6-12-17/h2,7-10H,1,3-6,11-13H2. The van der Waals surface area contributed by atoms with Gasteiger partial charge >= 0.3 is 0 Å². The van der Waals surface area contributed by atoms with Gasteiger partial charge in [0.15, 0.2) is 0 Å². The molecule has 1 fully saturated rings. The first kappa shape index (κ1) is 13.7. The Kier molecular flexibility index (Phi) is 5.01. The van der Waals surface area contributed by atoms with Crippen LogP contribution in [0, 0.1) is 0 Å². The predicted octanol–water partition coefficient (Wildman–Crippen LogP) is 3.27. The molecule has 1 amide bonds. The zero-order chi connectivity index (χ0) is 13.5. The number of hydrogen-bond acceptors (Lipinski definition) is 2. The van der Waals surface area contributed by atoms with Crippen LogP contribution in [-0.2, 0) is 0 Å². The van der Waals surface area contributed by atoms with Crippen LogP contribution in [0.5, 0.6) is 5.75 Å². The first-order valence-corrected chi connectivity index (χ1v) is 6.94. The molecular weight excluding hydrogens is 238 g/mol. The summed E-state index contributed by atoms with van der Waals surface area (Å²) in [6, 6.07) is 7.36. The van der Waals surface area contributed by atoms with Crippen LogP contribution < -0.4 is 4.74 Å². The summed E-state index contributed by atoms with van der Waals surface area (Å²) in [4.78, 5) is 14.3. The van der Waals surface area contributed by atoms with Gasteiger partial charge in [0.1, 0.15) is 12.4 Å². The zero-order valence-electron chi connectivity index (χ0n) is 11.3. The number of benzene rings is 1. The van der Waals surface area contributed by atoms with Crippen molar-refractivity contribution in [3.8, 4) is 5.75 Å². The highest BCUT2D eigenvalue weighted by Crippen LogP contribution is 2.16. The number of carbonyl (C=O) groups is 1. The quantitative estimate of drug-likeness (QED) is 0.777. The second kappa shape index (κ2) is 6.98. The summed E-state index contributed by atoms with van der Waals surface area (Å²) in [6.07, 6.45) is 6.41. The lowest BCUT2D eigenvalue weighted by molar-refractivity contribution is 0.0761. The number of ether oxygens (including phenoxy) is 1. The van der Waals surface area contributed by atoms with Gasteiger partial charge in [0, 0.05) is 18.7 Å². The molecule has 0 aromatic heterocycles. The molecule has 0 bridgehead atoms.